The van der Waals surface area contributed by atoms with Crippen LogP contribution in [0.1, 0.15) is 5.56 Å². The molecule has 2 rings (SSSR count). The number of hydrogen-bond donors (Lipinski definition) is 0. The van der Waals surface area contributed by atoms with Gasteiger partial charge >= 0.3 is 0 Å². The van der Waals surface area contributed by atoms with E-state index < -0.39 is 5.82 Å². The first-order chi connectivity index (χ1) is 7.56. The molecule has 6 heteroatoms. The van der Waals surface area contributed by atoms with Gasteiger partial charge in [0, 0.05) is 6.07 Å². The number of halogens is 4. The van der Waals surface area contributed by atoms with E-state index in [4.69, 9.17) is 11.6 Å². The molecule has 0 aliphatic heterocycles. The highest BCUT2D eigenvalue weighted by Gasteiger charge is 2.06. The van der Waals surface area contributed by atoms with Gasteiger partial charge in [-0.25, -0.2) is 4.39 Å². The van der Waals surface area contributed by atoms with Gasteiger partial charge in [0.05, 0.1) is 11.6 Å². The molecule has 2 nitrogen and oxygen atoms in total. The third-order valence-electron chi connectivity index (χ3n) is 2.02. The molecule has 84 valence electrons. The van der Waals surface area contributed by atoms with Gasteiger partial charge in [0.1, 0.15) is 15.0 Å². The van der Waals surface area contributed by atoms with Crippen molar-refractivity contribution in [2.45, 2.75) is 6.54 Å². The zero-order valence-corrected chi connectivity index (χ0v) is 11.9. The highest BCUT2D eigenvalue weighted by Crippen LogP contribution is 2.20. The van der Waals surface area contributed by atoms with Crippen LogP contribution in [0.5, 0.6) is 0 Å². The predicted octanol–water partition coefficient (Wildman–Crippen LogP) is 4.25. The third kappa shape index (κ3) is 2.64. The van der Waals surface area contributed by atoms with Crippen molar-refractivity contribution in [3.05, 3.63) is 49.9 Å². The van der Waals surface area contributed by atoms with Crippen LogP contribution in [0.4, 0.5) is 4.39 Å². The highest BCUT2D eigenvalue weighted by molar-refractivity contribution is 9.11. The maximum absolute atomic E-state index is 13.2. The van der Waals surface area contributed by atoms with E-state index in [-0.39, 0.29) is 5.02 Å². The lowest BCUT2D eigenvalue weighted by molar-refractivity contribution is 0.617. The van der Waals surface area contributed by atoms with Crippen LogP contribution in [0.15, 0.2) is 33.5 Å². The molecule has 1 aromatic carbocycles. The maximum atomic E-state index is 13.2. The molecule has 0 radical (unpaired) electrons. The van der Waals surface area contributed by atoms with Crippen molar-refractivity contribution in [2.24, 2.45) is 0 Å². The van der Waals surface area contributed by atoms with Gasteiger partial charge < -0.3 is 0 Å². The summed E-state index contributed by atoms with van der Waals surface area (Å²) >= 11 is 12.2. The van der Waals surface area contributed by atoms with Crippen molar-refractivity contribution in [1.82, 2.24) is 9.78 Å². The lowest BCUT2D eigenvalue weighted by atomic mass is 10.2. The highest BCUT2D eigenvalue weighted by atomic mass is 79.9. The molecular formula is C10H6Br2ClFN2. The van der Waals surface area contributed by atoms with Crippen LogP contribution in [0, 0.1) is 5.82 Å². The summed E-state index contributed by atoms with van der Waals surface area (Å²) in [6, 6.07) is 6.54. The number of hydrogen-bond acceptors (Lipinski definition) is 1. The van der Waals surface area contributed by atoms with Gasteiger partial charge in [0.15, 0.2) is 0 Å². The van der Waals surface area contributed by atoms with Crippen LogP contribution in [0.2, 0.25) is 5.02 Å². The SMILES string of the molecule is Fc1cc(Cn2nc(Br)cc2Br)ccc1Cl. The minimum absolute atomic E-state index is 0.129. The summed E-state index contributed by atoms with van der Waals surface area (Å²) in [5.74, 6) is -0.415. The van der Waals surface area contributed by atoms with E-state index in [1.54, 1.807) is 16.8 Å². The second kappa shape index (κ2) is 4.85. The van der Waals surface area contributed by atoms with Crippen LogP contribution in [0.3, 0.4) is 0 Å². The van der Waals surface area contributed by atoms with Gasteiger partial charge in [-0.1, -0.05) is 17.7 Å². The molecule has 0 unspecified atom stereocenters. The van der Waals surface area contributed by atoms with Gasteiger partial charge in [0.25, 0.3) is 0 Å². The monoisotopic (exact) mass is 366 g/mol. The molecule has 16 heavy (non-hydrogen) atoms. The largest absolute Gasteiger partial charge is 0.253 e. The zero-order chi connectivity index (χ0) is 11.7. The first-order valence-electron chi connectivity index (χ1n) is 4.39. The molecule has 0 aliphatic carbocycles. The fourth-order valence-electron chi connectivity index (χ4n) is 1.29. The summed E-state index contributed by atoms with van der Waals surface area (Å²) < 4.78 is 16.5. The molecule has 0 amide bonds. The van der Waals surface area contributed by atoms with Crippen molar-refractivity contribution >= 4 is 43.5 Å². The Hall–Kier alpha value is -0.390. The Balaban J connectivity index is 2.27. The normalized spacial score (nSPS) is 10.8. The molecule has 0 saturated heterocycles. The Bertz CT molecular complexity index is 528. The summed E-state index contributed by atoms with van der Waals surface area (Å²) in [5.41, 5.74) is 0.804. The fraction of sp³-hybridized carbons (Fsp3) is 0.100. The third-order valence-corrected chi connectivity index (χ3v) is 3.35. The van der Waals surface area contributed by atoms with Crippen molar-refractivity contribution in [1.29, 1.82) is 0 Å². The summed E-state index contributed by atoms with van der Waals surface area (Å²) in [6.45, 7) is 0.486. The average molecular weight is 368 g/mol. The van der Waals surface area contributed by atoms with Crippen LogP contribution in [0.25, 0.3) is 0 Å². The second-order valence-electron chi connectivity index (χ2n) is 3.20. The van der Waals surface area contributed by atoms with E-state index in [1.807, 2.05) is 6.07 Å². The maximum Gasteiger partial charge on any atom is 0.142 e. The molecule has 0 bridgehead atoms. The smallest absolute Gasteiger partial charge is 0.142 e. The minimum atomic E-state index is -0.415. The van der Waals surface area contributed by atoms with Gasteiger partial charge in [-0.05, 0) is 49.6 Å². The Morgan fingerprint density at radius 2 is 2.06 bits per heavy atom. The fourth-order valence-corrected chi connectivity index (χ4v) is 2.54. The molecule has 0 fully saturated rings. The van der Waals surface area contributed by atoms with Crippen molar-refractivity contribution in [3.63, 3.8) is 0 Å². The zero-order valence-electron chi connectivity index (χ0n) is 7.92. The molecule has 0 spiro atoms. The lowest BCUT2D eigenvalue weighted by Crippen LogP contribution is -2.02. The first-order valence-corrected chi connectivity index (χ1v) is 6.35. The topological polar surface area (TPSA) is 17.8 Å². The molecule has 1 aromatic heterocycles. The summed E-state index contributed by atoms with van der Waals surface area (Å²) in [4.78, 5) is 0. The van der Waals surface area contributed by atoms with Crippen molar-refractivity contribution in [3.8, 4) is 0 Å². The Morgan fingerprint density at radius 1 is 1.31 bits per heavy atom. The molecule has 0 N–H and O–H groups in total. The molecule has 2 aromatic rings. The minimum Gasteiger partial charge on any atom is -0.253 e. The van der Waals surface area contributed by atoms with Gasteiger partial charge in [-0.2, -0.15) is 5.10 Å². The number of rotatable bonds is 2. The van der Waals surface area contributed by atoms with E-state index >= 15 is 0 Å². The van der Waals surface area contributed by atoms with E-state index in [0.29, 0.717) is 6.54 Å². The predicted molar refractivity (Wildman–Crippen MR) is 68.1 cm³/mol. The number of aromatic nitrogens is 2. The quantitative estimate of drug-likeness (QED) is 0.775. The summed E-state index contributed by atoms with van der Waals surface area (Å²) in [7, 11) is 0. The molecule has 0 aliphatic rings. The first kappa shape index (κ1) is 12.1. The summed E-state index contributed by atoms with van der Waals surface area (Å²) in [5, 5.41) is 4.32. The van der Waals surface area contributed by atoms with E-state index in [0.717, 1.165) is 14.8 Å². The van der Waals surface area contributed by atoms with Crippen molar-refractivity contribution in [2.75, 3.05) is 0 Å². The Morgan fingerprint density at radius 3 is 2.62 bits per heavy atom. The molecular weight excluding hydrogens is 362 g/mol. The van der Waals surface area contributed by atoms with Crippen LogP contribution < -0.4 is 0 Å². The Kier molecular flexibility index (Phi) is 3.66. The van der Waals surface area contributed by atoms with Crippen LogP contribution in [-0.2, 0) is 6.54 Å². The lowest BCUT2D eigenvalue weighted by Gasteiger charge is -2.04. The van der Waals surface area contributed by atoms with E-state index in [1.165, 1.54) is 6.07 Å². The molecule has 0 saturated carbocycles. The molecule has 1 heterocycles. The van der Waals surface area contributed by atoms with Crippen LogP contribution in [-0.4, -0.2) is 9.78 Å². The summed E-state index contributed by atoms with van der Waals surface area (Å²) in [6.07, 6.45) is 0. The van der Waals surface area contributed by atoms with E-state index in [2.05, 4.69) is 37.0 Å². The van der Waals surface area contributed by atoms with Gasteiger partial charge in [-0.3, -0.25) is 4.68 Å². The Labute approximate surface area is 114 Å². The number of benzene rings is 1. The van der Waals surface area contributed by atoms with E-state index in [9.17, 15) is 4.39 Å². The molecule has 0 atom stereocenters. The average Bonchev–Trinajstić information content (AvgIpc) is 2.51. The van der Waals surface area contributed by atoms with Gasteiger partial charge in [-0.15, -0.1) is 0 Å². The second-order valence-corrected chi connectivity index (χ2v) is 5.23. The standard InChI is InChI=1S/C10H6Br2ClFN2/c11-9-4-10(12)16(15-9)5-6-1-2-7(13)8(14)3-6/h1-4H,5H2. The van der Waals surface area contributed by atoms with Crippen LogP contribution >= 0.6 is 43.5 Å². The van der Waals surface area contributed by atoms with Gasteiger partial charge in [0.2, 0.25) is 0 Å². The number of nitrogens with zero attached hydrogens (tertiary/aromatic N) is 2. The van der Waals surface area contributed by atoms with Crippen molar-refractivity contribution < 1.29 is 4.39 Å².